The van der Waals surface area contributed by atoms with Crippen LogP contribution >= 0.6 is 27.5 Å². The number of aliphatic hydroxyl groups is 1. The highest BCUT2D eigenvalue weighted by Crippen LogP contribution is 2.28. The highest BCUT2D eigenvalue weighted by Gasteiger charge is 2.13. The van der Waals surface area contributed by atoms with Gasteiger partial charge in [0.05, 0.1) is 11.8 Å². The fourth-order valence-corrected chi connectivity index (χ4v) is 2.34. The molecule has 0 aliphatic heterocycles. The van der Waals surface area contributed by atoms with Crippen molar-refractivity contribution < 1.29 is 5.11 Å². The van der Waals surface area contributed by atoms with Crippen LogP contribution in [0.5, 0.6) is 0 Å². The van der Waals surface area contributed by atoms with Crippen molar-refractivity contribution in [2.45, 2.75) is 12.5 Å². The molecule has 90 valence electrons. The zero-order valence-corrected chi connectivity index (χ0v) is 11.6. The monoisotopic (exact) mass is 314 g/mol. The van der Waals surface area contributed by atoms with Gasteiger partial charge in [0.2, 0.25) is 0 Å². The summed E-state index contributed by atoms with van der Waals surface area (Å²) in [4.78, 5) is 0. The first-order valence-corrected chi connectivity index (χ1v) is 6.35. The molecule has 1 unspecified atom stereocenters. The van der Waals surface area contributed by atoms with Crippen LogP contribution in [0.3, 0.4) is 0 Å². The van der Waals surface area contributed by atoms with Gasteiger partial charge < -0.3 is 5.11 Å². The smallest absolute Gasteiger partial charge is 0.0857 e. The summed E-state index contributed by atoms with van der Waals surface area (Å²) in [6, 6.07) is 7.27. The molecular weight excluding hydrogens is 304 g/mol. The largest absolute Gasteiger partial charge is 0.388 e. The third-order valence-corrected chi connectivity index (χ3v) is 3.45. The van der Waals surface area contributed by atoms with Crippen LogP contribution in [0, 0.1) is 0 Å². The molecule has 0 aliphatic carbocycles. The van der Waals surface area contributed by atoms with Crippen LogP contribution in [0.4, 0.5) is 0 Å². The molecule has 1 atom stereocenters. The van der Waals surface area contributed by atoms with Crippen molar-refractivity contribution in [1.82, 2.24) is 9.78 Å². The third-order valence-electron chi connectivity index (χ3n) is 2.49. The lowest BCUT2D eigenvalue weighted by molar-refractivity contribution is 0.176. The van der Waals surface area contributed by atoms with Gasteiger partial charge in [0.25, 0.3) is 0 Å². The van der Waals surface area contributed by atoms with E-state index in [1.807, 2.05) is 25.4 Å². The Labute approximate surface area is 113 Å². The molecule has 1 heterocycles. The highest BCUT2D eigenvalue weighted by atomic mass is 79.9. The fourth-order valence-electron chi connectivity index (χ4n) is 1.65. The molecule has 17 heavy (non-hydrogen) atoms. The molecule has 1 aromatic heterocycles. The second-order valence-corrected chi connectivity index (χ2v) is 5.16. The van der Waals surface area contributed by atoms with Crippen molar-refractivity contribution in [1.29, 1.82) is 0 Å². The number of rotatable bonds is 3. The molecule has 2 rings (SSSR count). The average Bonchev–Trinajstić information content (AvgIpc) is 2.67. The van der Waals surface area contributed by atoms with Crippen molar-refractivity contribution in [2.75, 3.05) is 0 Å². The van der Waals surface area contributed by atoms with Crippen molar-refractivity contribution >= 4 is 27.5 Å². The summed E-state index contributed by atoms with van der Waals surface area (Å²) in [5, 5.41) is 15.0. The summed E-state index contributed by atoms with van der Waals surface area (Å²) >= 11 is 9.32. The molecule has 0 saturated heterocycles. The van der Waals surface area contributed by atoms with Crippen LogP contribution in [0.15, 0.2) is 34.9 Å². The molecule has 0 bridgehead atoms. The molecule has 0 aliphatic rings. The van der Waals surface area contributed by atoms with Crippen molar-refractivity contribution in [3.05, 3.63) is 51.2 Å². The van der Waals surface area contributed by atoms with E-state index in [-0.39, 0.29) is 0 Å². The van der Waals surface area contributed by atoms with E-state index >= 15 is 0 Å². The molecule has 2 aromatic rings. The van der Waals surface area contributed by atoms with Gasteiger partial charge in [-0.25, -0.2) is 0 Å². The van der Waals surface area contributed by atoms with Gasteiger partial charge in [0, 0.05) is 29.2 Å². The van der Waals surface area contributed by atoms with Crippen LogP contribution < -0.4 is 0 Å². The summed E-state index contributed by atoms with van der Waals surface area (Å²) in [6.07, 6.45) is 1.72. The number of hydrogen-bond donors (Lipinski definition) is 1. The summed E-state index contributed by atoms with van der Waals surface area (Å²) < 4.78 is 2.57. The molecule has 0 saturated carbocycles. The maximum absolute atomic E-state index is 10.2. The van der Waals surface area contributed by atoms with Gasteiger partial charge in [-0.15, -0.1) is 0 Å². The highest BCUT2D eigenvalue weighted by molar-refractivity contribution is 9.10. The van der Waals surface area contributed by atoms with E-state index in [4.69, 9.17) is 11.6 Å². The van der Waals surface area contributed by atoms with Gasteiger partial charge in [0.15, 0.2) is 0 Å². The van der Waals surface area contributed by atoms with Crippen LogP contribution in [-0.4, -0.2) is 14.9 Å². The maximum Gasteiger partial charge on any atom is 0.0857 e. The number of nitrogens with zero attached hydrogens (tertiary/aromatic N) is 2. The lowest BCUT2D eigenvalue weighted by Gasteiger charge is -2.11. The van der Waals surface area contributed by atoms with Gasteiger partial charge in [-0.2, -0.15) is 5.10 Å². The third kappa shape index (κ3) is 3.09. The molecule has 1 aromatic carbocycles. The Morgan fingerprint density at radius 3 is 2.88 bits per heavy atom. The zero-order chi connectivity index (χ0) is 12.4. The van der Waals surface area contributed by atoms with E-state index in [9.17, 15) is 5.11 Å². The topological polar surface area (TPSA) is 38.0 Å². The fraction of sp³-hybridized carbons (Fsp3) is 0.250. The molecule has 0 amide bonds. The lowest BCUT2D eigenvalue weighted by atomic mass is 10.1. The second kappa shape index (κ2) is 5.21. The van der Waals surface area contributed by atoms with Gasteiger partial charge in [-0.05, 0) is 29.8 Å². The van der Waals surface area contributed by atoms with Crippen LogP contribution in [-0.2, 0) is 13.5 Å². The van der Waals surface area contributed by atoms with Crippen molar-refractivity contribution in [3.63, 3.8) is 0 Å². The number of halogens is 2. The maximum atomic E-state index is 10.2. The molecule has 0 spiro atoms. The van der Waals surface area contributed by atoms with E-state index in [2.05, 4.69) is 21.0 Å². The number of aryl methyl sites for hydroxylation is 1. The summed E-state index contributed by atoms with van der Waals surface area (Å²) in [5.41, 5.74) is 1.63. The summed E-state index contributed by atoms with van der Waals surface area (Å²) in [7, 11) is 1.85. The molecule has 3 nitrogen and oxygen atoms in total. The van der Waals surface area contributed by atoms with Crippen LogP contribution in [0.1, 0.15) is 17.4 Å². The number of benzene rings is 1. The first-order chi connectivity index (χ1) is 8.06. The van der Waals surface area contributed by atoms with E-state index in [1.165, 1.54) is 0 Å². The van der Waals surface area contributed by atoms with Gasteiger partial charge in [0.1, 0.15) is 0 Å². The van der Waals surface area contributed by atoms with Crippen molar-refractivity contribution in [3.8, 4) is 0 Å². The van der Waals surface area contributed by atoms with Gasteiger partial charge in [-0.3, -0.25) is 4.68 Å². The predicted octanol–water partition coefficient (Wildman–Crippen LogP) is 3.11. The van der Waals surface area contributed by atoms with Crippen LogP contribution in [0.2, 0.25) is 5.02 Å². The molecule has 1 N–H and O–H groups in total. The first-order valence-electron chi connectivity index (χ1n) is 5.18. The van der Waals surface area contributed by atoms with E-state index in [1.54, 1.807) is 16.8 Å². The molecule has 5 heteroatoms. The zero-order valence-electron chi connectivity index (χ0n) is 9.27. The normalized spacial score (nSPS) is 12.7. The molecule has 0 radical (unpaired) electrons. The predicted molar refractivity (Wildman–Crippen MR) is 71.0 cm³/mol. The minimum atomic E-state index is -0.613. The van der Waals surface area contributed by atoms with E-state index < -0.39 is 6.10 Å². The number of aliphatic hydroxyl groups excluding tert-OH is 1. The molecule has 0 fully saturated rings. The Balaban J connectivity index is 2.19. The Kier molecular flexibility index (Phi) is 3.86. The van der Waals surface area contributed by atoms with Crippen LogP contribution in [0.25, 0.3) is 0 Å². The first kappa shape index (κ1) is 12.6. The Morgan fingerprint density at radius 1 is 1.47 bits per heavy atom. The quantitative estimate of drug-likeness (QED) is 0.945. The molecular formula is C12H12BrClN2O. The SMILES string of the molecule is Cn1ccc(CC(O)c2cc(Cl)ccc2Br)n1. The summed E-state index contributed by atoms with van der Waals surface area (Å²) in [5.74, 6) is 0. The number of hydrogen-bond acceptors (Lipinski definition) is 2. The standard InChI is InChI=1S/C12H12BrClN2O/c1-16-5-4-9(15-16)7-12(17)10-6-8(14)2-3-11(10)13/h2-6,12,17H,7H2,1H3. The Morgan fingerprint density at radius 2 is 2.24 bits per heavy atom. The lowest BCUT2D eigenvalue weighted by Crippen LogP contribution is -2.04. The Bertz CT molecular complexity index is 527. The minimum Gasteiger partial charge on any atom is -0.388 e. The second-order valence-electron chi connectivity index (χ2n) is 3.87. The van der Waals surface area contributed by atoms with Crippen molar-refractivity contribution in [2.24, 2.45) is 7.05 Å². The number of aromatic nitrogens is 2. The Hall–Kier alpha value is -0.840. The van der Waals surface area contributed by atoms with Gasteiger partial charge in [-0.1, -0.05) is 27.5 Å². The van der Waals surface area contributed by atoms with Gasteiger partial charge >= 0.3 is 0 Å². The van der Waals surface area contributed by atoms with E-state index in [0.29, 0.717) is 11.4 Å². The minimum absolute atomic E-state index is 0.472. The summed E-state index contributed by atoms with van der Waals surface area (Å²) in [6.45, 7) is 0. The van der Waals surface area contributed by atoms with E-state index in [0.717, 1.165) is 15.7 Å². The average molecular weight is 316 g/mol.